The van der Waals surface area contributed by atoms with Crippen LogP contribution in [0.25, 0.3) is 11.8 Å². The van der Waals surface area contributed by atoms with Crippen LogP contribution in [0.5, 0.6) is 0 Å². The maximum Gasteiger partial charge on any atom is 0.294 e. The van der Waals surface area contributed by atoms with Crippen LogP contribution >= 0.6 is 27.7 Å². The third-order valence-corrected chi connectivity index (χ3v) is 6.12. The van der Waals surface area contributed by atoms with Crippen molar-refractivity contribution < 1.29 is 19.3 Å². The number of nitrogens with one attached hydrogen (secondary N) is 1. The first-order chi connectivity index (χ1) is 15.8. The highest BCUT2D eigenvalue weighted by Crippen LogP contribution is 2.33. The number of anilines is 1. The van der Waals surface area contributed by atoms with Gasteiger partial charge in [-0.3, -0.25) is 29.4 Å². The van der Waals surface area contributed by atoms with Gasteiger partial charge in [0.2, 0.25) is 5.91 Å². The van der Waals surface area contributed by atoms with Crippen molar-refractivity contribution in [3.05, 3.63) is 92.0 Å². The molecule has 1 N–H and O–H groups in total. The molecule has 3 aromatic rings. The number of carbonyl (C=O) groups is 3. The number of nitrogens with zero attached hydrogens (tertiary/aromatic N) is 3. The Morgan fingerprint density at radius 3 is 2.61 bits per heavy atom. The standard InChI is InChI=1S/C22H15BrN4O5S/c23-14-6-8-15(9-7-14)24-20(28)13-26-21(29)19(33-22(26)30)12-17-5-2-10-25(17)16-3-1-4-18(11-16)27(31)32/h1-12H,13H2,(H,24,28)/b19-12-. The molecule has 0 atom stereocenters. The largest absolute Gasteiger partial charge is 0.325 e. The van der Waals surface area contributed by atoms with Crippen molar-refractivity contribution in [1.82, 2.24) is 9.47 Å². The van der Waals surface area contributed by atoms with E-state index in [1.807, 2.05) is 0 Å². The quantitative estimate of drug-likeness (QED) is 0.279. The van der Waals surface area contributed by atoms with Crippen molar-refractivity contribution in [2.45, 2.75) is 0 Å². The monoisotopic (exact) mass is 526 g/mol. The number of hydrogen-bond acceptors (Lipinski definition) is 6. The van der Waals surface area contributed by atoms with Crippen LogP contribution in [0.1, 0.15) is 5.69 Å². The molecule has 9 nitrogen and oxygen atoms in total. The lowest BCUT2D eigenvalue weighted by molar-refractivity contribution is -0.384. The van der Waals surface area contributed by atoms with E-state index in [1.54, 1.807) is 59.3 Å². The molecule has 1 aliphatic heterocycles. The zero-order valence-corrected chi connectivity index (χ0v) is 19.2. The first kappa shape index (κ1) is 22.5. The fraction of sp³-hybridized carbons (Fsp3) is 0.0455. The maximum absolute atomic E-state index is 12.8. The number of carbonyl (C=O) groups excluding carboxylic acids is 3. The fourth-order valence-corrected chi connectivity index (χ4v) is 4.24. The van der Waals surface area contributed by atoms with E-state index >= 15 is 0 Å². The first-order valence-corrected chi connectivity index (χ1v) is 11.2. The van der Waals surface area contributed by atoms with E-state index < -0.39 is 28.5 Å². The van der Waals surface area contributed by atoms with Gasteiger partial charge in [0.25, 0.3) is 16.8 Å². The second-order valence-electron chi connectivity index (χ2n) is 6.90. The van der Waals surface area contributed by atoms with Crippen LogP contribution in [0.3, 0.4) is 0 Å². The zero-order chi connectivity index (χ0) is 23.5. The number of non-ortho nitro benzene ring substituents is 1. The number of imide groups is 1. The number of hydrogen-bond donors (Lipinski definition) is 1. The third-order valence-electron chi connectivity index (χ3n) is 4.68. The van der Waals surface area contributed by atoms with Crippen molar-refractivity contribution in [1.29, 1.82) is 0 Å². The van der Waals surface area contributed by atoms with Crippen LogP contribution in [-0.4, -0.2) is 38.0 Å². The lowest BCUT2D eigenvalue weighted by atomic mass is 10.2. The molecule has 1 aromatic heterocycles. The number of benzene rings is 2. The lowest BCUT2D eigenvalue weighted by Gasteiger charge is -2.12. The van der Waals surface area contributed by atoms with Gasteiger partial charge in [0.1, 0.15) is 6.54 Å². The Morgan fingerprint density at radius 1 is 1.12 bits per heavy atom. The molecule has 33 heavy (non-hydrogen) atoms. The van der Waals surface area contributed by atoms with Crippen LogP contribution < -0.4 is 5.32 Å². The Labute approximate surface area is 200 Å². The average molecular weight is 527 g/mol. The van der Waals surface area contributed by atoms with Gasteiger partial charge in [-0.1, -0.05) is 22.0 Å². The Kier molecular flexibility index (Phi) is 6.43. The van der Waals surface area contributed by atoms with E-state index in [9.17, 15) is 24.5 Å². The molecule has 0 bridgehead atoms. The second kappa shape index (κ2) is 9.43. The molecule has 166 valence electrons. The zero-order valence-electron chi connectivity index (χ0n) is 16.8. The SMILES string of the molecule is O=C(CN1C(=O)S/C(=C\c2cccn2-c2cccc([N+](=O)[O-])c2)C1=O)Nc1ccc(Br)cc1. The number of nitro groups is 1. The molecule has 0 aliphatic carbocycles. The number of nitro benzene ring substituents is 1. The van der Waals surface area contributed by atoms with Crippen molar-refractivity contribution in [2.75, 3.05) is 11.9 Å². The van der Waals surface area contributed by atoms with E-state index in [0.717, 1.165) is 21.1 Å². The summed E-state index contributed by atoms with van der Waals surface area (Å²) in [6.45, 7) is -0.413. The summed E-state index contributed by atoms with van der Waals surface area (Å²) >= 11 is 4.04. The number of aromatic nitrogens is 1. The highest BCUT2D eigenvalue weighted by Gasteiger charge is 2.36. The number of thioether (sulfide) groups is 1. The van der Waals surface area contributed by atoms with Crippen molar-refractivity contribution >= 4 is 62.2 Å². The summed E-state index contributed by atoms with van der Waals surface area (Å²) in [4.78, 5) is 49.1. The van der Waals surface area contributed by atoms with Gasteiger partial charge in [0, 0.05) is 34.2 Å². The van der Waals surface area contributed by atoms with Crippen LogP contribution in [0, 0.1) is 10.1 Å². The summed E-state index contributed by atoms with van der Waals surface area (Å²) in [5.74, 6) is -1.08. The molecule has 1 aliphatic rings. The van der Waals surface area contributed by atoms with Gasteiger partial charge in [-0.15, -0.1) is 0 Å². The van der Waals surface area contributed by atoms with Crippen molar-refractivity contribution in [3.63, 3.8) is 0 Å². The minimum Gasteiger partial charge on any atom is -0.325 e. The summed E-state index contributed by atoms with van der Waals surface area (Å²) < 4.78 is 2.52. The molecule has 3 amide bonds. The highest BCUT2D eigenvalue weighted by atomic mass is 79.9. The first-order valence-electron chi connectivity index (χ1n) is 9.55. The molecule has 2 heterocycles. The number of halogens is 1. The predicted molar refractivity (Wildman–Crippen MR) is 128 cm³/mol. The molecule has 1 saturated heterocycles. The Balaban J connectivity index is 1.51. The minimum atomic E-state index is -0.581. The summed E-state index contributed by atoms with van der Waals surface area (Å²) in [6.07, 6.45) is 3.22. The summed E-state index contributed by atoms with van der Waals surface area (Å²) in [5.41, 5.74) is 1.57. The molecule has 0 radical (unpaired) electrons. The van der Waals surface area contributed by atoms with E-state index in [0.29, 0.717) is 17.1 Å². The second-order valence-corrected chi connectivity index (χ2v) is 8.81. The average Bonchev–Trinajstić information content (AvgIpc) is 3.35. The van der Waals surface area contributed by atoms with Gasteiger partial charge in [-0.2, -0.15) is 0 Å². The van der Waals surface area contributed by atoms with Crippen LogP contribution in [0.4, 0.5) is 16.2 Å². The van der Waals surface area contributed by atoms with Gasteiger partial charge in [0.15, 0.2) is 0 Å². The van der Waals surface area contributed by atoms with Gasteiger partial charge in [0.05, 0.1) is 15.5 Å². The lowest BCUT2D eigenvalue weighted by Crippen LogP contribution is -2.36. The highest BCUT2D eigenvalue weighted by molar-refractivity contribution is 9.10. The number of amides is 3. The summed E-state index contributed by atoms with van der Waals surface area (Å²) in [5, 5.41) is 13.2. The van der Waals surface area contributed by atoms with E-state index in [1.165, 1.54) is 18.2 Å². The van der Waals surface area contributed by atoms with E-state index in [4.69, 9.17) is 0 Å². The molecule has 0 spiro atoms. The molecule has 11 heteroatoms. The Bertz CT molecular complexity index is 1300. The summed E-state index contributed by atoms with van der Waals surface area (Å²) in [7, 11) is 0. The smallest absolute Gasteiger partial charge is 0.294 e. The van der Waals surface area contributed by atoms with E-state index in [2.05, 4.69) is 21.2 Å². The topological polar surface area (TPSA) is 115 Å². The molecular weight excluding hydrogens is 512 g/mol. The normalized spacial score (nSPS) is 14.7. The molecule has 2 aromatic carbocycles. The molecular formula is C22H15BrN4O5S. The molecule has 0 saturated carbocycles. The van der Waals surface area contributed by atoms with Gasteiger partial charge < -0.3 is 9.88 Å². The fourth-order valence-electron chi connectivity index (χ4n) is 3.15. The predicted octanol–water partition coefficient (Wildman–Crippen LogP) is 4.82. The number of rotatable bonds is 6. The van der Waals surface area contributed by atoms with Crippen LogP contribution in [0.2, 0.25) is 0 Å². The molecule has 4 rings (SSSR count). The Hall–Kier alpha value is -3.70. The van der Waals surface area contributed by atoms with E-state index in [-0.39, 0.29) is 10.6 Å². The third kappa shape index (κ3) is 5.04. The molecule has 1 fully saturated rings. The van der Waals surface area contributed by atoms with Crippen LogP contribution in [-0.2, 0) is 9.59 Å². The van der Waals surface area contributed by atoms with Gasteiger partial charge in [-0.05, 0) is 60.3 Å². The van der Waals surface area contributed by atoms with Crippen molar-refractivity contribution in [2.24, 2.45) is 0 Å². The summed E-state index contributed by atoms with van der Waals surface area (Å²) in [6, 6.07) is 16.4. The van der Waals surface area contributed by atoms with Crippen LogP contribution in [0.15, 0.2) is 76.2 Å². The Morgan fingerprint density at radius 2 is 1.88 bits per heavy atom. The van der Waals surface area contributed by atoms with Gasteiger partial charge >= 0.3 is 0 Å². The maximum atomic E-state index is 12.8. The van der Waals surface area contributed by atoms with Gasteiger partial charge in [-0.25, -0.2) is 0 Å². The minimum absolute atomic E-state index is 0.0655. The van der Waals surface area contributed by atoms with Crippen molar-refractivity contribution in [3.8, 4) is 5.69 Å². The molecule has 0 unspecified atom stereocenters.